The molecule has 2 heterocycles. The molecule has 6 nitrogen and oxygen atoms in total. The molecular weight excluding hydrogens is 453 g/mol. The van der Waals surface area contributed by atoms with Crippen molar-refractivity contribution < 1.29 is 4.79 Å². The molecular formula is C20H22IN5O. The van der Waals surface area contributed by atoms with Crippen LogP contribution in [-0.4, -0.2) is 37.9 Å². The molecule has 0 spiro atoms. The third kappa shape index (κ3) is 5.06. The van der Waals surface area contributed by atoms with Gasteiger partial charge in [0.05, 0.1) is 6.20 Å². The molecule has 3 N–H and O–H groups in total. The van der Waals surface area contributed by atoms with Gasteiger partial charge in [0.15, 0.2) is 5.65 Å². The summed E-state index contributed by atoms with van der Waals surface area (Å²) in [5, 5.41) is 6.29. The Morgan fingerprint density at radius 1 is 1.30 bits per heavy atom. The minimum Gasteiger partial charge on any atom is -0.366 e. The molecule has 0 saturated heterocycles. The molecule has 140 valence electrons. The van der Waals surface area contributed by atoms with Crippen LogP contribution in [0.15, 0.2) is 55.4 Å². The van der Waals surface area contributed by atoms with Gasteiger partial charge in [-0.3, -0.25) is 4.79 Å². The molecule has 7 heteroatoms. The number of alkyl halides is 1. The van der Waals surface area contributed by atoms with Gasteiger partial charge in [0.25, 0.3) is 0 Å². The van der Waals surface area contributed by atoms with Crippen LogP contribution in [0.1, 0.15) is 12.8 Å². The van der Waals surface area contributed by atoms with Crippen LogP contribution in [0.5, 0.6) is 0 Å². The lowest BCUT2D eigenvalue weighted by Gasteiger charge is -2.18. The number of amides is 1. The third-order valence-corrected chi connectivity index (χ3v) is 4.88. The Kier molecular flexibility index (Phi) is 6.80. The van der Waals surface area contributed by atoms with Gasteiger partial charge in [0.2, 0.25) is 5.91 Å². The Bertz CT molecular complexity index is 909. The van der Waals surface area contributed by atoms with Gasteiger partial charge < -0.3 is 15.6 Å². The maximum absolute atomic E-state index is 11.3. The fourth-order valence-corrected chi connectivity index (χ4v) is 3.62. The summed E-state index contributed by atoms with van der Waals surface area (Å²) in [6, 6.07) is 10.3. The van der Waals surface area contributed by atoms with Crippen molar-refractivity contribution in [2.75, 3.05) is 16.3 Å². The maximum Gasteiger partial charge on any atom is 0.243 e. The molecule has 0 bridgehead atoms. The average Bonchev–Trinajstić information content (AvgIpc) is 3.12. The van der Waals surface area contributed by atoms with E-state index < -0.39 is 0 Å². The lowest BCUT2D eigenvalue weighted by Crippen LogP contribution is -2.29. The minimum absolute atomic E-state index is 0.149. The molecule has 3 rings (SSSR count). The SMILES string of the molecule is C=CC(=O)NCCC(CCI)Nc1cnc2[nH]cc(-c3ccccc3)c2n1. The summed E-state index contributed by atoms with van der Waals surface area (Å²) in [5.41, 5.74) is 3.75. The molecule has 0 fully saturated rings. The van der Waals surface area contributed by atoms with Gasteiger partial charge >= 0.3 is 0 Å². The lowest BCUT2D eigenvalue weighted by atomic mass is 10.1. The molecule has 3 aromatic rings. The first-order valence-corrected chi connectivity index (χ1v) is 10.4. The number of aromatic amines is 1. The lowest BCUT2D eigenvalue weighted by molar-refractivity contribution is -0.116. The molecule has 1 amide bonds. The van der Waals surface area contributed by atoms with E-state index in [2.05, 4.69) is 61.9 Å². The topological polar surface area (TPSA) is 82.7 Å². The number of aromatic nitrogens is 3. The number of anilines is 1. The van der Waals surface area contributed by atoms with E-state index in [4.69, 9.17) is 4.98 Å². The third-order valence-electron chi connectivity index (χ3n) is 4.25. The first-order valence-electron chi connectivity index (χ1n) is 8.83. The van der Waals surface area contributed by atoms with E-state index in [9.17, 15) is 4.79 Å². The fraction of sp³-hybridized carbons (Fsp3) is 0.250. The molecule has 1 unspecified atom stereocenters. The number of nitrogens with one attached hydrogen (secondary N) is 3. The second-order valence-corrected chi connectivity index (χ2v) is 7.20. The van der Waals surface area contributed by atoms with Crippen LogP contribution < -0.4 is 10.6 Å². The van der Waals surface area contributed by atoms with E-state index in [0.29, 0.717) is 6.54 Å². The number of nitrogens with zero attached hydrogens (tertiary/aromatic N) is 2. The summed E-state index contributed by atoms with van der Waals surface area (Å²) in [5.74, 6) is 0.591. The quantitative estimate of drug-likeness (QED) is 0.249. The number of fused-ring (bicyclic) bond motifs is 1. The van der Waals surface area contributed by atoms with Crippen LogP contribution in [0.3, 0.4) is 0 Å². The highest BCUT2D eigenvalue weighted by atomic mass is 127. The van der Waals surface area contributed by atoms with E-state index in [1.54, 1.807) is 6.20 Å². The van der Waals surface area contributed by atoms with Crippen molar-refractivity contribution in [3.8, 4) is 11.1 Å². The number of hydrogen-bond acceptors (Lipinski definition) is 4. The summed E-state index contributed by atoms with van der Waals surface area (Å²) in [6.07, 6.45) is 6.76. The zero-order valence-corrected chi connectivity index (χ0v) is 17.1. The number of rotatable bonds is 9. The number of halogens is 1. The number of hydrogen-bond donors (Lipinski definition) is 3. The summed E-state index contributed by atoms with van der Waals surface area (Å²) < 4.78 is 1.01. The van der Waals surface area contributed by atoms with Crippen LogP contribution >= 0.6 is 22.6 Å². The summed E-state index contributed by atoms with van der Waals surface area (Å²) in [7, 11) is 0. The van der Waals surface area contributed by atoms with Crippen molar-refractivity contribution in [3.05, 3.63) is 55.4 Å². The molecule has 2 aromatic heterocycles. The first kappa shape index (κ1) is 19.3. The maximum atomic E-state index is 11.3. The molecule has 1 aromatic carbocycles. The zero-order chi connectivity index (χ0) is 19.1. The molecule has 0 aliphatic carbocycles. The number of carbonyl (C=O) groups is 1. The van der Waals surface area contributed by atoms with Gasteiger partial charge in [0, 0.05) is 28.8 Å². The summed E-state index contributed by atoms with van der Waals surface area (Å²) >= 11 is 2.36. The van der Waals surface area contributed by atoms with Gasteiger partial charge in [0.1, 0.15) is 11.3 Å². The molecule has 0 aliphatic heterocycles. The Balaban J connectivity index is 1.76. The highest BCUT2D eigenvalue weighted by Crippen LogP contribution is 2.27. The average molecular weight is 475 g/mol. The van der Waals surface area contributed by atoms with Crippen LogP contribution in [0.2, 0.25) is 0 Å². The van der Waals surface area contributed by atoms with Crippen molar-refractivity contribution in [3.63, 3.8) is 0 Å². The standard InChI is InChI=1S/C20H22IN5O/c1-2-18(27)22-11-9-15(8-10-21)25-17-13-24-20-19(26-17)16(12-23-20)14-6-4-3-5-7-14/h2-7,12-13,15H,1,8-11H2,(H,22,27)(H,23,24)(H,25,26). The van der Waals surface area contributed by atoms with E-state index in [-0.39, 0.29) is 11.9 Å². The van der Waals surface area contributed by atoms with Gasteiger partial charge in [-0.2, -0.15) is 0 Å². The highest BCUT2D eigenvalue weighted by molar-refractivity contribution is 14.1. The van der Waals surface area contributed by atoms with E-state index in [1.807, 2.05) is 24.4 Å². The monoisotopic (exact) mass is 475 g/mol. The molecule has 0 aliphatic rings. The van der Waals surface area contributed by atoms with Crippen molar-refractivity contribution in [1.82, 2.24) is 20.3 Å². The fourth-order valence-electron chi connectivity index (χ4n) is 2.87. The van der Waals surface area contributed by atoms with Crippen molar-refractivity contribution in [2.45, 2.75) is 18.9 Å². The van der Waals surface area contributed by atoms with Gasteiger partial charge in [-0.15, -0.1) is 0 Å². The van der Waals surface area contributed by atoms with Crippen LogP contribution in [0, 0.1) is 0 Å². The van der Waals surface area contributed by atoms with Crippen molar-refractivity contribution in [1.29, 1.82) is 0 Å². The molecule has 1 atom stereocenters. The van der Waals surface area contributed by atoms with Gasteiger partial charge in [-0.05, 0) is 24.5 Å². The van der Waals surface area contributed by atoms with E-state index >= 15 is 0 Å². The summed E-state index contributed by atoms with van der Waals surface area (Å²) in [6.45, 7) is 4.06. The first-order chi connectivity index (χ1) is 13.2. The predicted molar refractivity (Wildman–Crippen MR) is 118 cm³/mol. The Morgan fingerprint density at radius 2 is 2.11 bits per heavy atom. The van der Waals surface area contributed by atoms with Crippen LogP contribution in [0.25, 0.3) is 22.3 Å². The second kappa shape index (κ2) is 9.50. The Hall–Kier alpha value is -2.42. The molecule has 27 heavy (non-hydrogen) atoms. The second-order valence-electron chi connectivity index (χ2n) is 6.12. The zero-order valence-electron chi connectivity index (χ0n) is 14.9. The van der Waals surface area contributed by atoms with E-state index in [1.165, 1.54) is 6.08 Å². The van der Waals surface area contributed by atoms with Crippen LogP contribution in [0.4, 0.5) is 5.82 Å². The number of benzene rings is 1. The molecule has 0 saturated carbocycles. The van der Waals surface area contributed by atoms with Gasteiger partial charge in [-0.1, -0.05) is 59.5 Å². The number of carbonyl (C=O) groups excluding carboxylic acids is 1. The largest absolute Gasteiger partial charge is 0.366 e. The smallest absolute Gasteiger partial charge is 0.243 e. The van der Waals surface area contributed by atoms with Gasteiger partial charge in [-0.25, -0.2) is 9.97 Å². The molecule has 0 radical (unpaired) electrons. The van der Waals surface area contributed by atoms with Crippen molar-refractivity contribution >= 4 is 45.5 Å². The van der Waals surface area contributed by atoms with Crippen molar-refractivity contribution in [2.24, 2.45) is 0 Å². The Labute approximate surface area is 172 Å². The van der Waals surface area contributed by atoms with Crippen LogP contribution in [-0.2, 0) is 4.79 Å². The highest BCUT2D eigenvalue weighted by Gasteiger charge is 2.13. The summed E-state index contributed by atoms with van der Waals surface area (Å²) in [4.78, 5) is 23.8. The predicted octanol–water partition coefficient (Wildman–Crippen LogP) is 3.92. The van der Waals surface area contributed by atoms with E-state index in [0.717, 1.165) is 45.4 Å². The minimum atomic E-state index is -0.149. The number of H-pyrrole nitrogens is 1. The normalized spacial score (nSPS) is 11.9. The Morgan fingerprint density at radius 3 is 2.85 bits per heavy atom.